The average Bonchev–Trinajstić information content (AvgIpc) is 2.06. The van der Waals surface area contributed by atoms with E-state index in [1.54, 1.807) is 19.3 Å². The highest BCUT2D eigenvalue weighted by Crippen LogP contribution is 2.05. The number of nitrogens with two attached hydrogens (primary N) is 1. The number of nitrogens with zero attached hydrogens (tertiary/aromatic N) is 2. The Balaban J connectivity index is 0.000000310. The highest BCUT2D eigenvalue weighted by molar-refractivity contribution is 7.42. The standard InChI is InChI=1S/C7H6N2.H4NO2P/c1-2-3-7-4-8-6-9-5-7;1-4(2)3/h4-6H,1H3;2-3H,1H2. The number of aromatic nitrogens is 2. The Bertz CT molecular complexity index is 278. The monoisotopic (exact) mass is 199 g/mol. The lowest BCUT2D eigenvalue weighted by molar-refractivity contribution is 0.485. The van der Waals surface area contributed by atoms with E-state index < -0.39 is 8.53 Å². The quantitative estimate of drug-likeness (QED) is 0.404. The molecule has 0 saturated carbocycles. The lowest BCUT2D eigenvalue weighted by Crippen LogP contribution is -1.78. The van der Waals surface area contributed by atoms with Gasteiger partial charge in [0.1, 0.15) is 6.33 Å². The van der Waals surface area contributed by atoms with Crippen LogP contribution in [0.4, 0.5) is 0 Å². The zero-order chi connectivity index (χ0) is 10.1. The normalized spacial score (nSPS) is 8.08. The molecule has 0 aliphatic rings. The maximum absolute atomic E-state index is 7.45. The molecular weight excluding hydrogens is 189 g/mol. The molecule has 0 saturated heterocycles. The molecule has 0 amide bonds. The highest BCUT2D eigenvalue weighted by atomic mass is 31.2. The van der Waals surface area contributed by atoms with Crippen LogP contribution < -0.4 is 5.50 Å². The van der Waals surface area contributed by atoms with E-state index in [1.165, 1.54) is 6.33 Å². The van der Waals surface area contributed by atoms with Crippen molar-refractivity contribution < 1.29 is 9.79 Å². The fourth-order valence-corrected chi connectivity index (χ4v) is 0.508. The predicted octanol–water partition coefficient (Wildman–Crippen LogP) is 0.00460. The van der Waals surface area contributed by atoms with Crippen LogP contribution in [-0.2, 0) is 0 Å². The van der Waals surface area contributed by atoms with Gasteiger partial charge in [-0.3, -0.25) is 5.50 Å². The fourth-order valence-electron chi connectivity index (χ4n) is 0.508. The topological polar surface area (TPSA) is 92.3 Å². The van der Waals surface area contributed by atoms with Crippen LogP contribution in [0, 0.1) is 11.8 Å². The molecule has 0 aromatic carbocycles. The van der Waals surface area contributed by atoms with E-state index in [-0.39, 0.29) is 0 Å². The van der Waals surface area contributed by atoms with Gasteiger partial charge in [-0.2, -0.15) is 0 Å². The lowest BCUT2D eigenvalue weighted by atomic mass is 10.3. The Morgan fingerprint density at radius 1 is 1.38 bits per heavy atom. The van der Waals surface area contributed by atoms with Crippen LogP contribution in [0.15, 0.2) is 18.7 Å². The van der Waals surface area contributed by atoms with E-state index in [0.29, 0.717) is 0 Å². The summed E-state index contributed by atoms with van der Waals surface area (Å²) in [6.07, 6.45) is 4.85. The van der Waals surface area contributed by atoms with Gasteiger partial charge in [0.05, 0.1) is 5.56 Å². The first-order valence-electron chi connectivity index (χ1n) is 3.27. The van der Waals surface area contributed by atoms with E-state index in [1.807, 2.05) is 0 Å². The highest BCUT2D eigenvalue weighted by Gasteiger charge is 1.79. The van der Waals surface area contributed by atoms with Crippen LogP contribution in [-0.4, -0.2) is 19.8 Å². The van der Waals surface area contributed by atoms with Crippen molar-refractivity contribution in [1.82, 2.24) is 9.97 Å². The minimum atomic E-state index is -2.12. The first-order chi connectivity index (χ1) is 6.16. The van der Waals surface area contributed by atoms with Crippen molar-refractivity contribution in [2.75, 3.05) is 0 Å². The van der Waals surface area contributed by atoms with Crippen molar-refractivity contribution in [3.05, 3.63) is 24.3 Å². The summed E-state index contributed by atoms with van der Waals surface area (Å²) < 4.78 is 0. The molecule has 1 heterocycles. The van der Waals surface area contributed by atoms with Gasteiger partial charge in [0.15, 0.2) is 0 Å². The molecule has 0 spiro atoms. The molecule has 1 aromatic heterocycles. The number of hydrogen-bond acceptors (Lipinski definition) is 5. The Kier molecular flexibility index (Phi) is 6.98. The van der Waals surface area contributed by atoms with E-state index in [4.69, 9.17) is 9.79 Å². The summed E-state index contributed by atoms with van der Waals surface area (Å²) in [6, 6.07) is 0. The lowest BCUT2D eigenvalue weighted by Gasteiger charge is -1.82. The second-order valence-corrected chi connectivity index (χ2v) is 2.46. The van der Waals surface area contributed by atoms with Gasteiger partial charge in [-0.25, -0.2) is 9.97 Å². The third-order valence-corrected chi connectivity index (χ3v) is 0.830. The molecule has 1 aromatic rings. The molecule has 0 radical (unpaired) electrons. The maximum atomic E-state index is 7.45. The van der Waals surface area contributed by atoms with Crippen LogP contribution in [0.25, 0.3) is 0 Å². The summed E-state index contributed by atoms with van der Waals surface area (Å²) in [6.45, 7) is 1.78. The molecule has 0 atom stereocenters. The third kappa shape index (κ3) is 8.86. The van der Waals surface area contributed by atoms with Crippen molar-refractivity contribution in [2.24, 2.45) is 5.50 Å². The molecule has 13 heavy (non-hydrogen) atoms. The molecule has 6 heteroatoms. The van der Waals surface area contributed by atoms with Crippen molar-refractivity contribution in [2.45, 2.75) is 6.92 Å². The van der Waals surface area contributed by atoms with Gasteiger partial charge in [-0.05, 0) is 6.92 Å². The molecule has 70 valence electrons. The maximum Gasteiger partial charge on any atom is 0.247 e. The Hall–Kier alpha value is -1.05. The second kappa shape index (κ2) is 7.59. The van der Waals surface area contributed by atoms with Gasteiger partial charge in [-0.15, -0.1) is 5.92 Å². The van der Waals surface area contributed by atoms with E-state index in [0.717, 1.165) is 5.56 Å². The van der Waals surface area contributed by atoms with Crippen molar-refractivity contribution in [3.8, 4) is 11.8 Å². The number of rotatable bonds is 0. The second-order valence-electron chi connectivity index (χ2n) is 1.82. The third-order valence-electron chi connectivity index (χ3n) is 0.830. The van der Waals surface area contributed by atoms with E-state index in [2.05, 4.69) is 27.3 Å². The average molecular weight is 199 g/mol. The molecule has 0 unspecified atom stereocenters. The van der Waals surface area contributed by atoms with Crippen LogP contribution in [0.5, 0.6) is 0 Å². The van der Waals surface area contributed by atoms with Gasteiger partial charge in [0.2, 0.25) is 8.53 Å². The summed E-state index contributed by atoms with van der Waals surface area (Å²) in [7, 11) is -2.12. The molecule has 0 aliphatic carbocycles. The Labute approximate surface area is 77.6 Å². The van der Waals surface area contributed by atoms with Gasteiger partial charge < -0.3 is 9.79 Å². The summed E-state index contributed by atoms with van der Waals surface area (Å²) >= 11 is 0. The summed E-state index contributed by atoms with van der Waals surface area (Å²) in [5.74, 6) is 5.59. The molecule has 1 rings (SSSR count). The molecule has 5 nitrogen and oxygen atoms in total. The zero-order valence-corrected chi connectivity index (χ0v) is 7.94. The van der Waals surface area contributed by atoms with E-state index >= 15 is 0 Å². The van der Waals surface area contributed by atoms with Gasteiger partial charge in [0, 0.05) is 12.4 Å². The largest absolute Gasteiger partial charge is 0.338 e. The first kappa shape index (κ1) is 11.9. The van der Waals surface area contributed by atoms with Crippen LogP contribution in [0.3, 0.4) is 0 Å². The van der Waals surface area contributed by atoms with Crippen molar-refractivity contribution in [3.63, 3.8) is 0 Å². The predicted molar refractivity (Wildman–Crippen MR) is 50.1 cm³/mol. The molecule has 4 N–H and O–H groups in total. The molecular formula is C7H10N3O2P. The van der Waals surface area contributed by atoms with Crippen molar-refractivity contribution >= 4 is 8.53 Å². The zero-order valence-electron chi connectivity index (χ0n) is 7.05. The fraction of sp³-hybridized carbons (Fsp3) is 0.143. The molecule has 0 aliphatic heterocycles. The van der Waals surface area contributed by atoms with Gasteiger partial charge in [0.25, 0.3) is 0 Å². The Morgan fingerprint density at radius 2 is 1.85 bits per heavy atom. The molecule has 0 fully saturated rings. The smallest absolute Gasteiger partial charge is 0.247 e. The van der Waals surface area contributed by atoms with Crippen LogP contribution >= 0.6 is 8.53 Å². The van der Waals surface area contributed by atoms with Gasteiger partial charge >= 0.3 is 0 Å². The van der Waals surface area contributed by atoms with E-state index in [9.17, 15) is 0 Å². The first-order valence-corrected chi connectivity index (χ1v) is 4.58. The van der Waals surface area contributed by atoms with Gasteiger partial charge in [-0.1, -0.05) is 5.92 Å². The van der Waals surface area contributed by atoms with Crippen LogP contribution in [0.2, 0.25) is 0 Å². The van der Waals surface area contributed by atoms with Crippen molar-refractivity contribution in [1.29, 1.82) is 0 Å². The molecule has 0 bridgehead atoms. The Morgan fingerprint density at radius 3 is 2.23 bits per heavy atom. The minimum absolute atomic E-state index is 0.861. The summed E-state index contributed by atoms with van der Waals surface area (Å²) in [4.78, 5) is 22.5. The number of hydrogen-bond donors (Lipinski definition) is 3. The van der Waals surface area contributed by atoms with Crippen LogP contribution in [0.1, 0.15) is 12.5 Å². The summed E-state index contributed by atoms with van der Waals surface area (Å²) in [5.41, 5.74) is 5.15. The minimum Gasteiger partial charge on any atom is -0.338 e. The summed E-state index contributed by atoms with van der Waals surface area (Å²) in [5, 5.41) is 0. The SMILES string of the molecule is CC#Cc1cncnc1.NP(O)O.